The van der Waals surface area contributed by atoms with E-state index in [4.69, 9.17) is 0 Å². The van der Waals surface area contributed by atoms with Crippen LogP contribution < -0.4 is 10.0 Å². The zero-order chi connectivity index (χ0) is 18.7. The van der Waals surface area contributed by atoms with Gasteiger partial charge in [0.2, 0.25) is 0 Å². The minimum Gasteiger partial charge on any atom is -0.336 e. The quantitative estimate of drug-likeness (QED) is 0.813. The van der Waals surface area contributed by atoms with E-state index in [9.17, 15) is 13.2 Å². The van der Waals surface area contributed by atoms with E-state index in [1.54, 1.807) is 47.4 Å². The molecule has 1 aliphatic heterocycles. The van der Waals surface area contributed by atoms with Gasteiger partial charge in [0.1, 0.15) is 0 Å². The van der Waals surface area contributed by atoms with Crippen LogP contribution in [0.15, 0.2) is 47.4 Å². The molecule has 0 spiro atoms. The van der Waals surface area contributed by atoms with Crippen LogP contribution in [0.1, 0.15) is 21.5 Å². The number of benzene rings is 2. The van der Waals surface area contributed by atoms with E-state index in [0.717, 1.165) is 24.2 Å². The molecule has 0 saturated carbocycles. The summed E-state index contributed by atoms with van der Waals surface area (Å²) in [6.45, 7) is 6.76. The third kappa shape index (κ3) is 5.00. The smallest absolute Gasteiger partial charge is 0.261 e. The van der Waals surface area contributed by atoms with E-state index in [1.807, 2.05) is 13.8 Å². The Balaban J connectivity index is 0.00000261. The van der Waals surface area contributed by atoms with Crippen molar-refractivity contribution < 1.29 is 13.2 Å². The lowest BCUT2D eigenvalue weighted by Gasteiger charge is -2.27. The van der Waals surface area contributed by atoms with E-state index in [2.05, 4.69) is 10.0 Å². The molecule has 6 nitrogen and oxygen atoms in total. The number of rotatable bonds is 4. The molecule has 0 radical (unpaired) electrons. The molecule has 146 valence electrons. The van der Waals surface area contributed by atoms with Crippen LogP contribution in [-0.4, -0.2) is 45.4 Å². The van der Waals surface area contributed by atoms with E-state index in [-0.39, 0.29) is 23.2 Å². The monoisotopic (exact) mass is 409 g/mol. The van der Waals surface area contributed by atoms with Gasteiger partial charge in [0.25, 0.3) is 15.9 Å². The molecule has 1 aliphatic rings. The summed E-state index contributed by atoms with van der Waals surface area (Å²) < 4.78 is 27.6. The number of hydrogen-bond acceptors (Lipinski definition) is 4. The van der Waals surface area contributed by atoms with Crippen molar-refractivity contribution in [3.05, 3.63) is 59.2 Å². The first-order valence-electron chi connectivity index (χ1n) is 8.57. The Morgan fingerprint density at radius 1 is 1.00 bits per heavy atom. The SMILES string of the molecule is Cc1ccc(S(=O)(=O)Nc2ccc(C(=O)N3CCNCC3)cc2)cc1C.Cl. The van der Waals surface area contributed by atoms with Crippen LogP contribution in [0.25, 0.3) is 0 Å². The lowest BCUT2D eigenvalue weighted by molar-refractivity contribution is 0.0736. The Morgan fingerprint density at radius 2 is 1.63 bits per heavy atom. The zero-order valence-electron chi connectivity index (χ0n) is 15.4. The Morgan fingerprint density at radius 3 is 2.22 bits per heavy atom. The molecule has 27 heavy (non-hydrogen) atoms. The van der Waals surface area contributed by atoms with Gasteiger partial charge in [0.05, 0.1) is 4.90 Å². The van der Waals surface area contributed by atoms with Crippen LogP contribution in [0.4, 0.5) is 5.69 Å². The van der Waals surface area contributed by atoms with Gasteiger partial charge in [-0.15, -0.1) is 12.4 Å². The maximum Gasteiger partial charge on any atom is 0.261 e. The summed E-state index contributed by atoms with van der Waals surface area (Å²) in [6.07, 6.45) is 0. The molecule has 0 unspecified atom stereocenters. The van der Waals surface area contributed by atoms with Gasteiger partial charge in [0.15, 0.2) is 0 Å². The summed E-state index contributed by atoms with van der Waals surface area (Å²) in [5.41, 5.74) is 2.95. The van der Waals surface area contributed by atoms with Crippen molar-refractivity contribution in [2.24, 2.45) is 0 Å². The number of anilines is 1. The van der Waals surface area contributed by atoms with Gasteiger partial charge in [-0.3, -0.25) is 9.52 Å². The number of hydrogen-bond donors (Lipinski definition) is 2. The summed E-state index contributed by atoms with van der Waals surface area (Å²) >= 11 is 0. The summed E-state index contributed by atoms with van der Waals surface area (Å²) in [6, 6.07) is 11.6. The van der Waals surface area contributed by atoms with Crippen LogP contribution in [0.5, 0.6) is 0 Å². The number of halogens is 1. The number of nitrogens with one attached hydrogen (secondary N) is 2. The molecule has 1 amide bonds. The van der Waals surface area contributed by atoms with Gasteiger partial charge in [-0.1, -0.05) is 6.07 Å². The highest BCUT2D eigenvalue weighted by Gasteiger charge is 2.19. The molecule has 0 bridgehead atoms. The van der Waals surface area contributed by atoms with Crippen LogP contribution in [-0.2, 0) is 10.0 Å². The molecule has 8 heteroatoms. The molecule has 0 atom stereocenters. The maximum atomic E-state index is 12.5. The van der Waals surface area contributed by atoms with Crippen molar-refractivity contribution in [3.63, 3.8) is 0 Å². The van der Waals surface area contributed by atoms with Crippen LogP contribution >= 0.6 is 12.4 Å². The molecule has 3 rings (SSSR count). The highest BCUT2D eigenvalue weighted by Crippen LogP contribution is 2.19. The van der Waals surface area contributed by atoms with E-state index in [0.29, 0.717) is 24.3 Å². The number of sulfonamides is 1. The molecule has 2 aromatic carbocycles. The molecular formula is C19H24ClN3O3S. The number of amides is 1. The van der Waals surface area contributed by atoms with Crippen molar-refractivity contribution in [1.29, 1.82) is 0 Å². The first-order chi connectivity index (χ1) is 12.4. The fourth-order valence-electron chi connectivity index (χ4n) is 2.83. The van der Waals surface area contributed by atoms with Gasteiger partial charge in [-0.25, -0.2) is 8.42 Å². The van der Waals surface area contributed by atoms with E-state index < -0.39 is 10.0 Å². The van der Waals surface area contributed by atoms with E-state index >= 15 is 0 Å². The molecular weight excluding hydrogens is 386 g/mol. The number of aryl methyl sites for hydroxylation is 2. The van der Waals surface area contributed by atoms with Crippen molar-refractivity contribution in [2.45, 2.75) is 18.7 Å². The Bertz CT molecular complexity index is 908. The van der Waals surface area contributed by atoms with Gasteiger partial charge in [0, 0.05) is 37.4 Å². The number of carbonyl (C=O) groups is 1. The van der Waals surface area contributed by atoms with Gasteiger partial charge >= 0.3 is 0 Å². The third-order valence-electron chi connectivity index (χ3n) is 4.58. The number of nitrogens with zero attached hydrogens (tertiary/aromatic N) is 1. The average molecular weight is 410 g/mol. The molecule has 2 N–H and O–H groups in total. The Labute approximate surface area is 166 Å². The first kappa shape index (κ1) is 21.2. The molecule has 1 saturated heterocycles. The molecule has 1 fully saturated rings. The second kappa shape index (κ2) is 8.73. The standard InChI is InChI=1S/C19H23N3O3S.ClH/c1-14-3-8-18(13-15(14)2)26(24,25)21-17-6-4-16(5-7-17)19(23)22-11-9-20-10-12-22;/h3-8,13,20-21H,9-12H2,1-2H3;1H. The fourth-order valence-corrected chi connectivity index (χ4v) is 3.97. The van der Waals surface area contributed by atoms with E-state index in [1.165, 1.54) is 0 Å². The van der Waals surface area contributed by atoms with Crippen LogP contribution in [0.2, 0.25) is 0 Å². The van der Waals surface area contributed by atoms with Crippen molar-refractivity contribution in [2.75, 3.05) is 30.9 Å². The Hall–Kier alpha value is -2.09. The highest BCUT2D eigenvalue weighted by molar-refractivity contribution is 7.92. The minimum atomic E-state index is -3.66. The average Bonchev–Trinajstić information content (AvgIpc) is 2.64. The summed E-state index contributed by atoms with van der Waals surface area (Å²) in [5.74, 6) is -0.0323. The van der Waals surface area contributed by atoms with Gasteiger partial charge in [-0.2, -0.15) is 0 Å². The minimum absolute atomic E-state index is 0. The lowest BCUT2D eigenvalue weighted by Crippen LogP contribution is -2.46. The largest absolute Gasteiger partial charge is 0.336 e. The maximum absolute atomic E-state index is 12.5. The Kier molecular flexibility index (Phi) is 6.86. The van der Waals surface area contributed by atoms with Crippen LogP contribution in [0, 0.1) is 13.8 Å². The molecule has 2 aromatic rings. The molecule has 0 aromatic heterocycles. The second-order valence-electron chi connectivity index (χ2n) is 6.47. The number of carbonyl (C=O) groups excluding carboxylic acids is 1. The normalized spacial score (nSPS) is 14.4. The summed E-state index contributed by atoms with van der Waals surface area (Å²) in [7, 11) is -3.66. The molecule has 0 aliphatic carbocycles. The summed E-state index contributed by atoms with van der Waals surface area (Å²) in [5, 5.41) is 3.21. The fraction of sp³-hybridized carbons (Fsp3) is 0.316. The molecule has 1 heterocycles. The van der Waals surface area contributed by atoms with Crippen molar-refractivity contribution in [3.8, 4) is 0 Å². The van der Waals surface area contributed by atoms with Crippen LogP contribution in [0.3, 0.4) is 0 Å². The third-order valence-corrected chi connectivity index (χ3v) is 5.96. The zero-order valence-corrected chi connectivity index (χ0v) is 17.0. The second-order valence-corrected chi connectivity index (χ2v) is 8.15. The summed E-state index contributed by atoms with van der Waals surface area (Å²) in [4.78, 5) is 14.5. The lowest BCUT2D eigenvalue weighted by atomic mass is 10.1. The first-order valence-corrected chi connectivity index (χ1v) is 10.1. The predicted molar refractivity (Wildman–Crippen MR) is 109 cm³/mol. The van der Waals surface area contributed by atoms with Gasteiger partial charge < -0.3 is 10.2 Å². The highest BCUT2D eigenvalue weighted by atomic mass is 35.5. The topological polar surface area (TPSA) is 78.5 Å². The predicted octanol–water partition coefficient (Wildman–Crippen LogP) is 2.57. The van der Waals surface area contributed by atoms with Gasteiger partial charge in [-0.05, 0) is 61.4 Å². The van der Waals surface area contributed by atoms with Crippen molar-refractivity contribution in [1.82, 2.24) is 10.2 Å². The number of piperazine rings is 1. The van der Waals surface area contributed by atoms with Crippen molar-refractivity contribution >= 4 is 34.0 Å².